The van der Waals surface area contributed by atoms with Crippen molar-refractivity contribution >= 4 is 32.6 Å². The Morgan fingerprint density at radius 1 is 1.14 bits per heavy atom. The minimum atomic E-state index is -3.51. The van der Waals surface area contributed by atoms with Gasteiger partial charge in [0.05, 0.1) is 4.90 Å². The number of furan rings is 1. The molecular formula is C22H24N2O4S. The first-order chi connectivity index (χ1) is 13.9. The van der Waals surface area contributed by atoms with Gasteiger partial charge in [0, 0.05) is 29.7 Å². The molecular weight excluding hydrogens is 388 g/mol. The second-order valence-electron chi connectivity index (χ2n) is 7.64. The Morgan fingerprint density at radius 2 is 1.86 bits per heavy atom. The van der Waals surface area contributed by atoms with Crippen LogP contribution >= 0.6 is 0 Å². The van der Waals surface area contributed by atoms with Crippen LogP contribution in [-0.4, -0.2) is 31.7 Å². The third-order valence-corrected chi connectivity index (χ3v) is 7.30. The van der Waals surface area contributed by atoms with Gasteiger partial charge in [-0.15, -0.1) is 0 Å². The number of aryl methyl sites for hydroxylation is 1. The lowest BCUT2D eigenvalue weighted by atomic mass is 10.0. The molecule has 2 aromatic carbocycles. The highest BCUT2D eigenvalue weighted by Gasteiger charge is 2.28. The summed E-state index contributed by atoms with van der Waals surface area (Å²) in [5, 5.41) is 3.68. The molecule has 0 radical (unpaired) electrons. The molecule has 1 saturated heterocycles. The molecule has 7 heteroatoms. The minimum Gasteiger partial charge on any atom is -0.451 e. The number of anilines is 1. The van der Waals surface area contributed by atoms with Crippen LogP contribution in [0.2, 0.25) is 0 Å². The molecule has 2 heterocycles. The largest absolute Gasteiger partial charge is 0.451 e. The number of amides is 1. The molecule has 3 aromatic rings. The number of nitrogens with one attached hydrogen (secondary N) is 1. The molecule has 29 heavy (non-hydrogen) atoms. The van der Waals surface area contributed by atoms with Gasteiger partial charge in [0.1, 0.15) is 5.58 Å². The maximum Gasteiger partial charge on any atom is 0.291 e. The number of hydrogen-bond acceptors (Lipinski definition) is 4. The maximum atomic E-state index is 12.9. The molecule has 152 valence electrons. The summed E-state index contributed by atoms with van der Waals surface area (Å²) in [5.41, 5.74) is 1.95. The van der Waals surface area contributed by atoms with Crippen molar-refractivity contribution < 1.29 is 17.6 Å². The summed E-state index contributed by atoms with van der Waals surface area (Å²) in [6, 6.07) is 13.8. The predicted octanol–water partition coefficient (Wildman–Crippen LogP) is 4.41. The summed E-state index contributed by atoms with van der Waals surface area (Å²) in [7, 11) is -3.51. The van der Waals surface area contributed by atoms with Crippen LogP contribution in [0.4, 0.5) is 5.69 Å². The van der Waals surface area contributed by atoms with Gasteiger partial charge in [-0.05, 0) is 56.0 Å². The number of sulfonamides is 1. The number of rotatable bonds is 4. The van der Waals surface area contributed by atoms with Gasteiger partial charge < -0.3 is 9.73 Å². The first-order valence-electron chi connectivity index (χ1n) is 9.76. The molecule has 0 unspecified atom stereocenters. The Kier molecular flexibility index (Phi) is 5.19. The Morgan fingerprint density at radius 3 is 2.55 bits per heavy atom. The highest BCUT2D eigenvalue weighted by molar-refractivity contribution is 7.89. The van der Waals surface area contributed by atoms with E-state index in [2.05, 4.69) is 12.2 Å². The van der Waals surface area contributed by atoms with Crippen molar-refractivity contribution in [2.24, 2.45) is 5.92 Å². The minimum absolute atomic E-state index is 0.240. The van der Waals surface area contributed by atoms with Crippen molar-refractivity contribution in [3.63, 3.8) is 0 Å². The lowest BCUT2D eigenvalue weighted by Gasteiger charge is -2.30. The summed E-state index contributed by atoms with van der Waals surface area (Å²) in [4.78, 5) is 12.9. The zero-order chi connectivity index (χ0) is 20.6. The molecule has 1 amide bonds. The van der Waals surface area contributed by atoms with Crippen LogP contribution < -0.4 is 5.32 Å². The normalized spacial score (nSPS) is 18.1. The lowest BCUT2D eigenvalue weighted by Crippen LogP contribution is -2.39. The fourth-order valence-electron chi connectivity index (χ4n) is 3.80. The van der Waals surface area contributed by atoms with Gasteiger partial charge in [-0.2, -0.15) is 4.31 Å². The van der Waals surface area contributed by atoms with Gasteiger partial charge in [-0.25, -0.2) is 8.42 Å². The molecule has 0 spiro atoms. The maximum absolute atomic E-state index is 12.9. The van der Waals surface area contributed by atoms with Crippen molar-refractivity contribution in [1.29, 1.82) is 0 Å². The molecule has 0 saturated carbocycles. The van der Waals surface area contributed by atoms with Crippen molar-refractivity contribution in [2.45, 2.75) is 31.6 Å². The summed E-state index contributed by atoms with van der Waals surface area (Å²) in [5.74, 6) is 0.258. The molecule has 1 atom stereocenters. The predicted molar refractivity (Wildman–Crippen MR) is 113 cm³/mol. The number of carbonyl (C=O) groups is 1. The first-order valence-corrected chi connectivity index (χ1v) is 11.2. The van der Waals surface area contributed by atoms with Crippen LogP contribution in [0.3, 0.4) is 0 Å². The highest BCUT2D eigenvalue weighted by Crippen LogP contribution is 2.27. The molecule has 0 bridgehead atoms. The number of benzene rings is 2. The van der Waals surface area contributed by atoms with Gasteiger partial charge in [-0.3, -0.25) is 4.79 Å². The Balaban J connectivity index is 1.52. The van der Waals surface area contributed by atoms with Crippen molar-refractivity contribution in [2.75, 3.05) is 18.4 Å². The molecule has 1 aromatic heterocycles. The topological polar surface area (TPSA) is 79.6 Å². The summed E-state index contributed by atoms with van der Waals surface area (Å²) < 4.78 is 32.9. The lowest BCUT2D eigenvalue weighted by molar-refractivity contribution is 0.0998. The van der Waals surface area contributed by atoms with Gasteiger partial charge in [0.15, 0.2) is 5.76 Å². The second kappa shape index (κ2) is 7.65. The number of fused-ring (bicyclic) bond motifs is 1. The molecule has 1 fully saturated rings. The number of hydrogen-bond donors (Lipinski definition) is 1. The fraction of sp³-hybridized carbons (Fsp3) is 0.318. The van der Waals surface area contributed by atoms with Gasteiger partial charge in [0.2, 0.25) is 10.0 Å². The first kappa shape index (κ1) is 19.7. The molecule has 6 nitrogen and oxygen atoms in total. The number of piperidine rings is 1. The Hall–Kier alpha value is -2.64. The number of carbonyl (C=O) groups excluding carboxylic acids is 1. The zero-order valence-electron chi connectivity index (χ0n) is 16.5. The van der Waals surface area contributed by atoms with Crippen molar-refractivity contribution in [3.05, 3.63) is 59.9 Å². The van der Waals surface area contributed by atoms with E-state index in [1.165, 1.54) is 12.1 Å². The molecule has 1 aliphatic heterocycles. The monoisotopic (exact) mass is 412 g/mol. The smallest absolute Gasteiger partial charge is 0.291 e. The third-order valence-electron chi connectivity index (χ3n) is 5.42. The van der Waals surface area contributed by atoms with E-state index in [0.29, 0.717) is 30.3 Å². The number of nitrogens with zero attached hydrogens (tertiary/aromatic N) is 1. The fourth-order valence-corrected chi connectivity index (χ4v) is 5.40. The van der Waals surface area contributed by atoms with Gasteiger partial charge in [-0.1, -0.05) is 25.1 Å². The van der Waals surface area contributed by atoms with E-state index in [-0.39, 0.29) is 16.6 Å². The Labute approximate surface area is 170 Å². The second-order valence-corrected chi connectivity index (χ2v) is 9.58. The average Bonchev–Trinajstić information content (AvgIpc) is 3.05. The Bertz CT molecular complexity index is 1150. The van der Waals surface area contributed by atoms with Crippen LogP contribution in [0, 0.1) is 12.8 Å². The summed E-state index contributed by atoms with van der Waals surface area (Å²) >= 11 is 0. The van der Waals surface area contributed by atoms with Gasteiger partial charge >= 0.3 is 0 Å². The average molecular weight is 413 g/mol. The summed E-state index contributed by atoms with van der Waals surface area (Å²) in [6.07, 6.45) is 1.93. The molecule has 4 rings (SSSR count). The van der Waals surface area contributed by atoms with Crippen LogP contribution in [0.15, 0.2) is 57.8 Å². The quantitative estimate of drug-likeness (QED) is 0.688. The highest BCUT2D eigenvalue weighted by atomic mass is 32.2. The standard InChI is InChI=1S/C22H24N2O4S/c1-15-6-5-13-24(14-15)29(26,27)18-11-9-17(10-12-18)23-22(25)21-16(2)19-7-3-4-8-20(19)28-21/h3-4,7-12,15H,5-6,13-14H2,1-2H3,(H,23,25)/t15-/m1/s1. The van der Waals surface area contributed by atoms with E-state index in [1.807, 2.05) is 31.2 Å². The molecule has 1 aliphatic rings. The van der Waals surface area contributed by atoms with E-state index >= 15 is 0 Å². The molecule has 1 N–H and O–H groups in total. The van der Waals surface area contributed by atoms with Gasteiger partial charge in [0.25, 0.3) is 5.91 Å². The van der Waals surface area contributed by atoms with Crippen molar-refractivity contribution in [3.8, 4) is 0 Å². The van der Waals surface area contributed by atoms with Crippen LogP contribution in [0.25, 0.3) is 11.0 Å². The van der Waals surface area contributed by atoms with E-state index in [4.69, 9.17) is 4.42 Å². The molecule has 0 aliphatic carbocycles. The van der Waals surface area contributed by atoms with E-state index in [9.17, 15) is 13.2 Å². The zero-order valence-corrected chi connectivity index (χ0v) is 17.3. The number of para-hydroxylation sites is 1. The van der Waals surface area contributed by atoms with Crippen LogP contribution in [0.5, 0.6) is 0 Å². The SMILES string of the molecule is Cc1c(C(=O)Nc2ccc(S(=O)(=O)N3CCC[C@@H](C)C3)cc2)oc2ccccc12. The van der Waals surface area contributed by atoms with E-state index in [1.54, 1.807) is 16.4 Å². The van der Waals surface area contributed by atoms with E-state index in [0.717, 1.165) is 23.8 Å². The van der Waals surface area contributed by atoms with E-state index < -0.39 is 10.0 Å². The van der Waals surface area contributed by atoms with Crippen LogP contribution in [0.1, 0.15) is 35.9 Å². The summed E-state index contributed by atoms with van der Waals surface area (Å²) in [6.45, 7) is 5.01. The third kappa shape index (κ3) is 3.80. The van der Waals surface area contributed by atoms with Crippen LogP contribution in [-0.2, 0) is 10.0 Å². The van der Waals surface area contributed by atoms with Crippen molar-refractivity contribution in [1.82, 2.24) is 4.31 Å².